The molecule has 4 fully saturated rings. The number of nitrogens with zero attached hydrogens (tertiary/aromatic N) is 1. The van der Waals surface area contributed by atoms with Crippen LogP contribution in [-0.2, 0) is 21.0 Å². The zero-order valence-electron chi connectivity index (χ0n) is 20.1. The van der Waals surface area contributed by atoms with Crippen molar-refractivity contribution in [2.75, 3.05) is 13.2 Å². The predicted molar refractivity (Wildman–Crippen MR) is 122 cm³/mol. The van der Waals surface area contributed by atoms with Crippen LogP contribution in [-0.4, -0.2) is 57.4 Å². The minimum Gasteiger partial charge on any atom is -0.468 e. The van der Waals surface area contributed by atoms with Crippen LogP contribution < -0.4 is 0 Å². The van der Waals surface area contributed by atoms with Crippen molar-refractivity contribution in [1.29, 1.82) is 0 Å². The summed E-state index contributed by atoms with van der Waals surface area (Å²) in [4.78, 5) is 31.9. The molecule has 6 rings (SSSR count). The van der Waals surface area contributed by atoms with Gasteiger partial charge in [-0.3, -0.25) is 14.4 Å². The Morgan fingerprint density at radius 3 is 2.83 bits per heavy atom. The monoisotopic (exact) mass is 485 g/mol. The molecule has 1 aromatic heterocycles. The van der Waals surface area contributed by atoms with Crippen LogP contribution in [0.4, 0.5) is 4.39 Å². The third-order valence-electron chi connectivity index (χ3n) is 10.2. The van der Waals surface area contributed by atoms with Crippen LogP contribution in [0.1, 0.15) is 45.3 Å². The molecule has 7 nitrogen and oxygen atoms in total. The van der Waals surface area contributed by atoms with Gasteiger partial charge in [0.15, 0.2) is 22.8 Å². The van der Waals surface area contributed by atoms with E-state index >= 15 is 4.39 Å². The van der Waals surface area contributed by atoms with Crippen LogP contribution in [0.3, 0.4) is 0 Å². The Bertz CT molecular complexity index is 1130. The second-order valence-corrected chi connectivity index (χ2v) is 11.5. The number of rotatable bonds is 4. The quantitative estimate of drug-likeness (QED) is 0.676. The first-order valence-corrected chi connectivity index (χ1v) is 12.5. The van der Waals surface area contributed by atoms with Gasteiger partial charge in [0.05, 0.1) is 18.9 Å². The van der Waals surface area contributed by atoms with Crippen molar-refractivity contribution in [1.82, 2.24) is 5.06 Å². The highest BCUT2D eigenvalue weighted by Crippen LogP contribution is 2.72. The molecule has 2 heterocycles. The second-order valence-electron chi connectivity index (χ2n) is 11.5. The molecule has 3 saturated carbocycles. The van der Waals surface area contributed by atoms with E-state index in [0.717, 1.165) is 5.57 Å². The van der Waals surface area contributed by atoms with Gasteiger partial charge in [0, 0.05) is 29.2 Å². The maximum atomic E-state index is 17.3. The number of aliphatic hydroxyl groups is 2. The van der Waals surface area contributed by atoms with E-state index in [4.69, 9.17) is 9.25 Å². The average molecular weight is 486 g/mol. The molecule has 0 unspecified atom stereocenters. The number of hydrogen-bond acceptors (Lipinski definition) is 7. The molecule has 0 amide bonds. The lowest BCUT2D eigenvalue weighted by molar-refractivity contribution is -0.268. The average Bonchev–Trinajstić information content (AvgIpc) is 3.51. The molecule has 1 saturated heterocycles. The van der Waals surface area contributed by atoms with Crippen LogP contribution >= 0.6 is 0 Å². The largest absolute Gasteiger partial charge is 0.468 e. The highest BCUT2D eigenvalue weighted by Gasteiger charge is 2.78. The summed E-state index contributed by atoms with van der Waals surface area (Å²) in [6, 6.07) is 3.62. The Kier molecular flexibility index (Phi) is 4.95. The molecule has 35 heavy (non-hydrogen) atoms. The zero-order chi connectivity index (χ0) is 24.8. The number of furan rings is 1. The molecule has 0 spiro atoms. The molecule has 1 aromatic rings. The molecule has 0 bridgehead atoms. The SMILES string of the molecule is C[C@]12C=CC(=O)C=C1CC[C@H]1[C@@H]3C[C@H]4CN(Cc5ccco5)O[C@@]4(C(=O)CO)[C@@]3(C)C[C@H](O)[C@@]12F. The van der Waals surface area contributed by atoms with Crippen molar-refractivity contribution in [3.8, 4) is 0 Å². The third-order valence-corrected chi connectivity index (χ3v) is 10.2. The topological polar surface area (TPSA) is 100 Å². The van der Waals surface area contributed by atoms with Gasteiger partial charge in [-0.05, 0) is 62.8 Å². The molecule has 0 radical (unpaired) electrons. The summed E-state index contributed by atoms with van der Waals surface area (Å²) < 4.78 is 22.8. The smallest absolute Gasteiger partial charge is 0.192 e. The lowest BCUT2D eigenvalue weighted by Gasteiger charge is -2.62. The Hall–Kier alpha value is -2.13. The van der Waals surface area contributed by atoms with Crippen molar-refractivity contribution in [3.05, 3.63) is 48.0 Å². The molecule has 8 heteroatoms. The number of ketones is 2. The standard InChI is InChI=1S/C27H32FNO6/c1-24-8-7-18(31)10-16(24)5-6-20-21-11-17-13-29(14-19-4-3-9-34-19)35-27(17,23(33)15-30)25(21,2)12-22(32)26(20,24)28/h3-4,7-10,17,20-22,30,32H,5-6,11-15H2,1-2H3/t17-,20-,21-,22-,24-,25-,26-,27-/m0/s1. The van der Waals surface area contributed by atoms with E-state index in [1.807, 2.05) is 13.0 Å². The summed E-state index contributed by atoms with van der Waals surface area (Å²) in [5, 5.41) is 23.2. The number of halogens is 1. The normalized spacial score (nSPS) is 46.5. The molecule has 8 atom stereocenters. The van der Waals surface area contributed by atoms with Crippen molar-refractivity contribution in [2.24, 2.45) is 28.6 Å². The number of allylic oxidation sites excluding steroid dienone is 4. The lowest BCUT2D eigenvalue weighted by atomic mass is 9.44. The number of hydrogen-bond donors (Lipinski definition) is 2. The van der Waals surface area contributed by atoms with Gasteiger partial charge in [-0.15, -0.1) is 0 Å². The molecule has 2 N–H and O–H groups in total. The van der Waals surface area contributed by atoms with Crippen LogP contribution in [0.2, 0.25) is 0 Å². The molecular formula is C27H32FNO6. The Morgan fingerprint density at radius 1 is 1.31 bits per heavy atom. The molecule has 4 aliphatic carbocycles. The van der Waals surface area contributed by atoms with E-state index in [1.165, 1.54) is 12.2 Å². The first-order valence-electron chi connectivity index (χ1n) is 12.5. The summed E-state index contributed by atoms with van der Waals surface area (Å²) in [6.07, 6.45) is 6.44. The van der Waals surface area contributed by atoms with Crippen LogP contribution in [0.15, 0.2) is 46.6 Å². The van der Waals surface area contributed by atoms with Gasteiger partial charge >= 0.3 is 0 Å². The number of fused-ring (bicyclic) bond motifs is 7. The van der Waals surface area contributed by atoms with Crippen molar-refractivity contribution in [2.45, 2.75) is 63.4 Å². The number of carbonyl (C=O) groups excluding carboxylic acids is 2. The minimum atomic E-state index is -1.96. The van der Waals surface area contributed by atoms with Crippen molar-refractivity contribution < 1.29 is 33.4 Å². The summed E-state index contributed by atoms with van der Waals surface area (Å²) in [6.45, 7) is 3.85. The van der Waals surface area contributed by atoms with Gasteiger partial charge < -0.3 is 14.6 Å². The van der Waals surface area contributed by atoms with E-state index in [1.54, 1.807) is 30.4 Å². The number of carbonyl (C=O) groups is 2. The van der Waals surface area contributed by atoms with E-state index in [9.17, 15) is 19.8 Å². The van der Waals surface area contributed by atoms with Gasteiger partial charge in [-0.2, -0.15) is 5.06 Å². The van der Waals surface area contributed by atoms with Gasteiger partial charge in [-0.1, -0.05) is 18.6 Å². The Balaban J connectivity index is 1.40. The first kappa shape index (κ1) is 23.3. The molecular weight excluding hydrogens is 453 g/mol. The number of Topliss-reactive ketones (excluding diaryl/α,β-unsaturated/α-hetero) is 1. The van der Waals surface area contributed by atoms with Crippen LogP contribution in [0.5, 0.6) is 0 Å². The van der Waals surface area contributed by atoms with Crippen molar-refractivity contribution in [3.63, 3.8) is 0 Å². The summed E-state index contributed by atoms with van der Waals surface area (Å²) >= 11 is 0. The lowest BCUT2D eigenvalue weighted by Crippen LogP contribution is -2.69. The van der Waals surface area contributed by atoms with E-state index in [2.05, 4.69) is 0 Å². The maximum Gasteiger partial charge on any atom is 0.192 e. The van der Waals surface area contributed by atoms with Crippen LogP contribution in [0.25, 0.3) is 0 Å². The Labute approximate surface area is 203 Å². The summed E-state index contributed by atoms with van der Waals surface area (Å²) in [5.41, 5.74) is -4.51. The fraction of sp³-hybridized carbons (Fsp3) is 0.630. The highest BCUT2D eigenvalue weighted by atomic mass is 19.1. The zero-order valence-corrected chi connectivity index (χ0v) is 20.1. The van der Waals surface area contributed by atoms with Crippen molar-refractivity contribution >= 4 is 11.6 Å². The van der Waals surface area contributed by atoms with Gasteiger partial charge in [0.25, 0.3) is 0 Å². The van der Waals surface area contributed by atoms with Gasteiger partial charge in [-0.25, -0.2) is 4.39 Å². The molecule has 188 valence electrons. The van der Waals surface area contributed by atoms with E-state index < -0.39 is 46.5 Å². The fourth-order valence-corrected chi connectivity index (χ4v) is 8.62. The van der Waals surface area contributed by atoms with E-state index in [0.29, 0.717) is 38.1 Å². The fourth-order valence-electron chi connectivity index (χ4n) is 8.62. The number of hydroxylamine groups is 2. The van der Waals surface area contributed by atoms with E-state index in [-0.39, 0.29) is 24.0 Å². The summed E-state index contributed by atoms with van der Waals surface area (Å²) in [5.74, 6) is -0.835. The number of aliphatic hydroxyl groups excluding tert-OH is 2. The highest BCUT2D eigenvalue weighted by molar-refractivity contribution is 6.01. The second kappa shape index (κ2) is 7.44. The first-order chi connectivity index (χ1) is 16.6. The number of alkyl halides is 1. The summed E-state index contributed by atoms with van der Waals surface area (Å²) in [7, 11) is 0. The molecule has 5 aliphatic rings. The third kappa shape index (κ3) is 2.74. The van der Waals surface area contributed by atoms with Gasteiger partial charge in [0.2, 0.25) is 0 Å². The van der Waals surface area contributed by atoms with Gasteiger partial charge in [0.1, 0.15) is 12.4 Å². The van der Waals surface area contributed by atoms with Crippen LogP contribution in [0, 0.1) is 28.6 Å². The maximum absolute atomic E-state index is 17.3. The molecule has 0 aromatic carbocycles. The molecule has 1 aliphatic heterocycles. The minimum absolute atomic E-state index is 0.0339. The predicted octanol–water partition coefficient (Wildman–Crippen LogP) is 2.92. The Morgan fingerprint density at radius 2 is 2.11 bits per heavy atom.